The van der Waals surface area contributed by atoms with Gasteiger partial charge >= 0.3 is 0 Å². The van der Waals surface area contributed by atoms with Crippen molar-refractivity contribution in [3.63, 3.8) is 0 Å². The van der Waals surface area contributed by atoms with Gasteiger partial charge in [0.25, 0.3) is 0 Å². The van der Waals surface area contributed by atoms with E-state index in [2.05, 4.69) is 5.10 Å². The topological polar surface area (TPSA) is 53.1 Å². The maximum atomic E-state index is 6.17. The SMILES string of the molecule is COc1cccc(-c2cc(CN)nn2-c2cc(Cl)ccc2C)c1. The second-order valence-electron chi connectivity index (χ2n) is 5.30. The molecule has 0 bridgehead atoms. The lowest BCUT2D eigenvalue weighted by atomic mass is 10.1. The number of halogens is 1. The average molecular weight is 328 g/mol. The van der Waals surface area contributed by atoms with Gasteiger partial charge in [0.1, 0.15) is 5.75 Å². The lowest BCUT2D eigenvalue weighted by Crippen LogP contribution is -2.03. The van der Waals surface area contributed by atoms with Crippen LogP contribution in [0.1, 0.15) is 11.3 Å². The number of nitrogens with two attached hydrogens (primary N) is 1. The molecule has 2 aromatic carbocycles. The third-order valence-corrected chi connectivity index (χ3v) is 3.97. The van der Waals surface area contributed by atoms with E-state index in [4.69, 9.17) is 22.1 Å². The molecule has 2 N–H and O–H groups in total. The maximum Gasteiger partial charge on any atom is 0.119 e. The summed E-state index contributed by atoms with van der Waals surface area (Å²) in [5, 5.41) is 5.30. The Bertz CT molecular complexity index is 842. The van der Waals surface area contributed by atoms with E-state index in [1.165, 1.54) is 0 Å². The molecule has 5 heteroatoms. The Morgan fingerprint density at radius 2 is 2.00 bits per heavy atom. The van der Waals surface area contributed by atoms with Crippen molar-refractivity contribution in [1.29, 1.82) is 0 Å². The molecule has 0 amide bonds. The Hall–Kier alpha value is -2.30. The summed E-state index contributed by atoms with van der Waals surface area (Å²) in [5.74, 6) is 0.798. The van der Waals surface area contributed by atoms with Gasteiger partial charge in [-0.2, -0.15) is 5.10 Å². The van der Waals surface area contributed by atoms with Gasteiger partial charge in [0.05, 0.1) is 24.2 Å². The van der Waals surface area contributed by atoms with Gasteiger partial charge in [-0.15, -0.1) is 0 Å². The van der Waals surface area contributed by atoms with Gasteiger partial charge < -0.3 is 10.5 Å². The zero-order valence-corrected chi connectivity index (χ0v) is 13.8. The molecule has 0 spiro atoms. The molecule has 0 aliphatic carbocycles. The monoisotopic (exact) mass is 327 g/mol. The molecule has 0 saturated carbocycles. The maximum absolute atomic E-state index is 6.17. The molecular formula is C18H18ClN3O. The second kappa shape index (κ2) is 6.44. The first-order chi connectivity index (χ1) is 11.1. The minimum absolute atomic E-state index is 0.379. The molecule has 118 valence electrons. The summed E-state index contributed by atoms with van der Waals surface area (Å²) in [7, 11) is 1.66. The Balaban J connectivity index is 2.21. The van der Waals surface area contributed by atoms with Gasteiger partial charge in [-0.3, -0.25) is 0 Å². The van der Waals surface area contributed by atoms with Crippen molar-refractivity contribution in [2.45, 2.75) is 13.5 Å². The number of nitrogens with zero attached hydrogens (tertiary/aromatic N) is 2. The quantitative estimate of drug-likeness (QED) is 0.789. The first-order valence-corrected chi connectivity index (χ1v) is 7.70. The van der Waals surface area contributed by atoms with E-state index < -0.39 is 0 Å². The van der Waals surface area contributed by atoms with Gasteiger partial charge in [-0.05, 0) is 42.8 Å². The van der Waals surface area contributed by atoms with Crippen molar-refractivity contribution in [2.75, 3.05) is 7.11 Å². The summed E-state index contributed by atoms with van der Waals surface area (Å²) in [6, 6.07) is 15.6. The average Bonchev–Trinajstić information content (AvgIpc) is 3.01. The number of aryl methyl sites for hydroxylation is 1. The number of hydrogen-bond donors (Lipinski definition) is 1. The van der Waals surface area contributed by atoms with Gasteiger partial charge in [0, 0.05) is 17.1 Å². The van der Waals surface area contributed by atoms with Crippen molar-refractivity contribution < 1.29 is 4.74 Å². The van der Waals surface area contributed by atoms with Crippen LogP contribution in [0.3, 0.4) is 0 Å². The number of ether oxygens (including phenoxy) is 1. The summed E-state index contributed by atoms with van der Waals surface area (Å²) < 4.78 is 7.21. The van der Waals surface area contributed by atoms with E-state index in [9.17, 15) is 0 Å². The summed E-state index contributed by atoms with van der Waals surface area (Å²) in [6.07, 6.45) is 0. The highest BCUT2D eigenvalue weighted by Gasteiger charge is 2.13. The van der Waals surface area contributed by atoms with E-state index in [0.717, 1.165) is 34.0 Å². The van der Waals surface area contributed by atoms with Crippen LogP contribution in [-0.2, 0) is 6.54 Å². The van der Waals surface area contributed by atoms with Crippen LogP contribution >= 0.6 is 11.6 Å². The minimum atomic E-state index is 0.379. The van der Waals surface area contributed by atoms with Gasteiger partial charge in [0.15, 0.2) is 0 Å². The normalized spacial score (nSPS) is 10.8. The number of rotatable bonds is 4. The third kappa shape index (κ3) is 3.09. The summed E-state index contributed by atoms with van der Waals surface area (Å²) in [5.41, 5.74) is 10.6. The largest absolute Gasteiger partial charge is 0.497 e. The van der Waals surface area contributed by atoms with Crippen LogP contribution in [0.25, 0.3) is 16.9 Å². The third-order valence-electron chi connectivity index (χ3n) is 3.73. The zero-order valence-electron chi connectivity index (χ0n) is 13.1. The fourth-order valence-corrected chi connectivity index (χ4v) is 2.68. The first kappa shape index (κ1) is 15.6. The van der Waals surface area contributed by atoms with Crippen LogP contribution in [-0.4, -0.2) is 16.9 Å². The Kier molecular flexibility index (Phi) is 4.37. The fourth-order valence-electron chi connectivity index (χ4n) is 2.51. The van der Waals surface area contributed by atoms with Crippen molar-refractivity contribution in [2.24, 2.45) is 5.73 Å². The van der Waals surface area contributed by atoms with Crippen LogP contribution < -0.4 is 10.5 Å². The number of methoxy groups -OCH3 is 1. The van der Waals surface area contributed by atoms with E-state index in [1.54, 1.807) is 7.11 Å². The number of aromatic nitrogens is 2. The van der Waals surface area contributed by atoms with Crippen molar-refractivity contribution in [3.05, 3.63) is 64.8 Å². The van der Waals surface area contributed by atoms with Gasteiger partial charge in [-0.25, -0.2) is 4.68 Å². The van der Waals surface area contributed by atoms with Gasteiger partial charge in [0.2, 0.25) is 0 Å². The molecule has 3 rings (SSSR count). The number of hydrogen-bond acceptors (Lipinski definition) is 3. The zero-order chi connectivity index (χ0) is 16.4. The molecule has 0 atom stereocenters. The smallest absolute Gasteiger partial charge is 0.119 e. The Morgan fingerprint density at radius 1 is 1.17 bits per heavy atom. The van der Waals surface area contributed by atoms with Crippen LogP contribution in [0.15, 0.2) is 48.5 Å². The highest BCUT2D eigenvalue weighted by atomic mass is 35.5. The number of benzene rings is 2. The molecule has 0 aliphatic heterocycles. The molecule has 4 nitrogen and oxygen atoms in total. The Morgan fingerprint density at radius 3 is 2.74 bits per heavy atom. The minimum Gasteiger partial charge on any atom is -0.497 e. The highest BCUT2D eigenvalue weighted by Crippen LogP contribution is 2.29. The van der Waals surface area contributed by atoms with Crippen molar-refractivity contribution in [3.8, 4) is 22.7 Å². The molecule has 1 aromatic heterocycles. The molecule has 1 heterocycles. The van der Waals surface area contributed by atoms with E-state index in [0.29, 0.717) is 11.6 Å². The van der Waals surface area contributed by atoms with Crippen molar-refractivity contribution >= 4 is 11.6 Å². The molecule has 3 aromatic rings. The summed E-state index contributed by atoms with van der Waals surface area (Å²) >= 11 is 6.17. The fraction of sp³-hybridized carbons (Fsp3) is 0.167. The lowest BCUT2D eigenvalue weighted by Gasteiger charge is -2.11. The predicted molar refractivity (Wildman–Crippen MR) is 93.2 cm³/mol. The highest BCUT2D eigenvalue weighted by molar-refractivity contribution is 6.30. The van der Waals surface area contributed by atoms with Crippen LogP contribution in [0, 0.1) is 6.92 Å². The molecule has 0 fully saturated rings. The van der Waals surface area contributed by atoms with Crippen LogP contribution in [0.2, 0.25) is 5.02 Å². The summed E-state index contributed by atoms with van der Waals surface area (Å²) in [6.45, 7) is 2.41. The van der Waals surface area contributed by atoms with Crippen LogP contribution in [0.4, 0.5) is 0 Å². The standard InChI is InChI=1S/C18H18ClN3O/c1-12-6-7-14(19)9-17(12)22-18(10-15(11-20)21-22)13-4-3-5-16(8-13)23-2/h3-10H,11,20H2,1-2H3. The van der Waals surface area contributed by atoms with Gasteiger partial charge in [-0.1, -0.05) is 29.8 Å². The first-order valence-electron chi connectivity index (χ1n) is 7.32. The van der Waals surface area contributed by atoms with E-state index in [1.807, 2.05) is 60.1 Å². The molecule has 23 heavy (non-hydrogen) atoms. The molecule has 0 radical (unpaired) electrons. The molecule has 0 saturated heterocycles. The van der Waals surface area contributed by atoms with Crippen molar-refractivity contribution in [1.82, 2.24) is 9.78 Å². The lowest BCUT2D eigenvalue weighted by molar-refractivity contribution is 0.415. The second-order valence-corrected chi connectivity index (χ2v) is 5.74. The van der Waals surface area contributed by atoms with Crippen LogP contribution in [0.5, 0.6) is 5.75 Å². The summed E-state index contributed by atoms with van der Waals surface area (Å²) in [4.78, 5) is 0. The predicted octanol–water partition coefficient (Wildman–Crippen LogP) is 3.97. The molecule has 0 unspecified atom stereocenters. The Labute approximate surface area is 140 Å². The molecular weight excluding hydrogens is 310 g/mol. The molecule has 0 aliphatic rings. The van der Waals surface area contributed by atoms with E-state index >= 15 is 0 Å². The van der Waals surface area contributed by atoms with E-state index in [-0.39, 0.29) is 0 Å².